The second-order valence-corrected chi connectivity index (χ2v) is 10.3. The zero-order chi connectivity index (χ0) is 27.6. The minimum absolute atomic E-state index is 0.158. The van der Waals surface area contributed by atoms with Crippen LogP contribution in [-0.4, -0.2) is 79.3 Å². The number of likely N-dealkylation sites (N-methyl/N-ethyl adjacent to an activating group) is 1. The maximum atomic E-state index is 13.4. The van der Waals surface area contributed by atoms with Crippen molar-refractivity contribution < 1.29 is 14.3 Å². The highest BCUT2D eigenvalue weighted by molar-refractivity contribution is 7.98. The third kappa shape index (κ3) is 9.47. The summed E-state index contributed by atoms with van der Waals surface area (Å²) in [6, 6.07) is 7.54. The molecule has 0 saturated carbocycles. The first-order valence-electron chi connectivity index (χ1n) is 11.7. The average Bonchev–Trinajstić information content (AvgIpc) is 2.96. The fourth-order valence-electron chi connectivity index (χ4n) is 3.45. The van der Waals surface area contributed by atoms with Crippen molar-refractivity contribution in [3.8, 4) is 0 Å². The fraction of sp³-hybridized carbons (Fsp3) is 0.440. The number of amides is 2. The van der Waals surface area contributed by atoms with Crippen LogP contribution in [0.15, 0.2) is 57.5 Å². The maximum Gasteiger partial charge on any atom is 0.410 e. The van der Waals surface area contributed by atoms with Gasteiger partial charge in [0.05, 0.1) is 19.0 Å². The molecule has 5 N–H and O–H groups in total. The Hall–Kier alpha value is -3.51. The van der Waals surface area contributed by atoms with Gasteiger partial charge in [0.2, 0.25) is 0 Å². The highest BCUT2D eigenvalue weighted by Crippen LogP contribution is 2.21. The largest absolute Gasteiger partial charge is 0.444 e. The molecule has 0 radical (unpaired) electrons. The Labute approximate surface area is 223 Å². The van der Waals surface area contributed by atoms with Crippen molar-refractivity contribution in [3.05, 3.63) is 53.1 Å². The molecule has 0 spiro atoms. The van der Waals surface area contributed by atoms with Crippen LogP contribution in [0.25, 0.3) is 0 Å². The lowest BCUT2D eigenvalue weighted by Gasteiger charge is -2.25. The van der Waals surface area contributed by atoms with E-state index in [9.17, 15) is 9.59 Å². The van der Waals surface area contributed by atoms with Crippen molar-refractivity contribution in [1.29, 1.82) is 0 Å². The molecule has 0 bridgehead atoms. The van der Waals surface area contributed by atoms with Crippen LogP contribution in [0.3, 0.4) is 0 Å². The Balaban J connectivity index is 2.13. The van der Waals surface area contributed by atoms with Crippen LogP contribution in [0.4, 0.5) is 10.5 Å². The lowest BCUT2D eigenvalue weighted by Crippen LogP contribution is -2.37. The number of thioether (sulfide) groups is 1. The smallest absolute Gasteiger partial charge is 0.410 e. The first-order valence-corrected chi connectivity index (χ1v) is 13.1. The Morgan fingerprint density at radius 1 is 1.38 bits per heavy atom. The van der Waals surface area contributed by atoms with E-state index in [-0.39, 0.29) is 12.5 Å². The third-order valence-corrected chi connectivity index (χ3v) is 5.39. The molecule has 2 rings (SSSR count). The SMILES string of the molecule is C=NC1=C(/C=N\CSC)C(=O)N(c2cccc(CN(N)/C=C(\N)CN(C)C(=O)OC(C)(C)C)c2)CCN1. The molecule has 0 aromatic heterocycles. The van der Waals surface area contributed by atoms with Crippen LogP contribution < -0.4 is 21.8 Å². The number of benzene rings is 1. The van der Waals surface area contributed by atoms with Crippen molar-refractivity contribution in [2.24, 2.45) is 21.6 Å². The highest BCUT2D eigenvalue weighted by Gasteiger charge is 2.25. The fourth-order valence-corrected chi connectivity index (χ4v) is 3.67. The molecule has 1 aromatic carbocycles. The van der Waals surface area contributed by atoms with E-state index >= 15 is 0 Å². The van der Waals surface area contributed by atoms with E-state index in [1.165, 1.54) is 9.91 Å². The molecule has 1 aliphatic heterocycles. The van der Waals surface area contributed by atoms with Crippen molar-refractivity contribution in [1.82, 2.24) is 15.2 Å². The van der Waals surface area contributed by atoms with Gasteiger partial charge in [-0.15, -0.1) is 11.8 Å². The maximum absolute atomic E-state index is 13.4. The van der Waals surface area contributed by atoms with Crippen LogP contribution in [0, 0.1) is 0 Å². The van der Waals surface area contributed by atoms with Gasteiger partial charge in [-0.1, -0.05) is 12.1 Å². The number of nitrogens with zero attached hydrogens (tertiary/aromatic N) is 5. The van der Waals surface area contributed by atoms with Gasteiger partial charge in [0.25, 0.3) is 5.91 Å². The molecule has 1 heterocycles. The zero-order valence-electron chi connectivity index (χ0n) is 22.2. The minimum atomic E-state index is -0.596. The van der Waals surface area contributed by atoms with Gasteiger partial charge in [-0.2, -0.15) is 0 Å². The molecule has 11 nitrogen and oxygen atoms in total. The highest BCUT2D eigenvalue weighted by atomic mass is 32.2. The van der Waals surface area contributed by atoms with Crippen molar-refractivity contribution >= 4 is 42.4 Å². The molecular formula is C25H38N8O3S. The summed E-state index contributed by atoms with van der Waals surface area (Å²) in [6.45, 7) is 10.4. The van der Waals surface area contributed by atoms with E-state index in [4.69, 9.17) is 16.3 Å². The van der Waals surface area contributed by atoms with Gasteiger partial charge in [-0.25, -0.2) is 15.6 Å². The topological polar surface area (TPSA) is 142 Å². The van der Waals surface area contributed by atoms with Crippen LogP contribution in [-0.2, 0) is 16.1 Å². The van der Waals surface area contributed by atoms with Crippen LogP contribution in [0.2, 0.25) is 0 Å². The zero-order valence-corrected chi connectivity index (χ0v) is 23.0. The predicted molar refractivity (Wildman–Crippen MR) is 151 cm³/mol. The number of carbonyl (C=O) groups is 2. The third-order valence-electron chi connectivity index (χ3n) is 4.98. The Bertz CT molecular complexity index is 1060. The summed E-state index contributed by atoms with van der Waals surface area (Å²) < 4.78 is 5.34. The van der Waals surface area contributed by atoms with Crippen molar-refractivity contribution in [2.45, 2.75) is 32.9 Å². The summed E-state index contributed by atoms with van der Waals surface area (Å²) in [5, 5.41) is 4.58. The van der Waals surface area contributed by atoms with Gasteiger partial charge in [0.1, 0.15) is 17.0 Å². The van der Waals surface area contributed by atoms with Gasteiger partial charge in [-0.3, -0.25) is 9.79 Å². The van der Waals surface area contributed by atoms with Crippen LogP contribution >= 0.6 is 11.8 Å². The molecule has 202 valence electrons. The molecule has 2 amide bonds. The molecule has 12 heteroatoms. The van der Waals surface area contributed by atoms with E-state index in [0.29, 0.717) is 42.6 Å². The lowest BCUT2D eigenvalue weighted by molar-refractivity contribution is -0.114. The van der Waals surface area contributed by atoms with E-state index in [2.05, 4.69) is 22.0 Å². The summed E-state index contributed by atoms with van der Waals surface area (Å²) in [7, 11) is 1.61. The van der Waals surface area contributed by atoms with Crippen LogP contribution in [0.5, 0.6) is 0 Å². The van der Waals surface area contributed by atoms with E-state index in [1.807, 2.05) is 30.5 Å². The van der Waals surface area contributed by atoms with Crippen LogP contribution in [0.1, 0.15) is 26.3 Å². The molecule has 37 heavy (non-hydrogen) atoms. The molecule has 0 unspecified atom stereocenters. The van der Waals surface area contributed by atoms with Crippen molar-refractivity contribution in [2.75, 3.05) is 43.7 Å². The first kappa shape index (κ1) is 29.7. The van der Waals surface area contributed by atoms with Gasteiger partial charge in [-0.05, 0) is 51.4 Å². The predicted octanol–water partition coefficient (Wildman–Crippen LogP) is 2.27. The Kier molecular flexibility index (Phi) is 11.0. The summed E-state index contributed by atoms with van der Waals surface area (Å²) in [6.07, 6.45) is 4.58. The summed E-state index contributed by atoms with van der Waals surface area (Å²) in [5.74, 6) is 6.91. The van der Waals surface area contributed by atoms with E-state index in [0.717, 1.165) is 11.3 Å². The Morgan fingerprint density at radius 2 is 2.11 bits per heavy atom. The molecular weight excluding hydrogens is 492 g/mol. The monoisotopic (exact) mass is 530 g/mol. The van der Waals surface area contributed by atoms with Gasteiger partial charge in [0, 0.05) is 43.9 Å². The second-order valence-electron chi connectivity index (χ2n) is 9.42. The number of hydrazine groups is 1. The van der Waals surface area contributed by atoms with Gasteiger partial charge in [0.15, 0.2) is 0 Å². The average molecular weight is 531 g/mol. The quantitative estimate of drug-likeness (QED) is 0.238. The summed E-state index contributed by atoms with van der Waals surface area (Å²) >= 11 is 1.55. The standard InChI is InChI=1S/C25H38N8O3S/c1-25(2,3)36-24(35)31(5)15-19(26)16-32(27)14-18-8-7-9-20(12-18)33-11-10-30-22(28-4)21(23(33)34)13-29-17-37-6/h7-9,12-13,16,30H,4,10-11,14-15,17,26-27H2,1-3,5-6H3/b19-16-,29-13-. The number of hydrogen-bond acceptors (Lipinski definition) is 10. The molecule has 0 fully saturated rings. The number of rotatable bonds is 10. The van der Waals surface area contributed by atoms with E-state index < -0.39 is 11.7 Å². The number of aliphatic imine (C=N–C) groups is 2. The number of carbonyl (C=O) groups excluding carboxylic acids is 2. The van der Waals surface area contributed by atoms with E-state index in [1.54, 1.807) is 56.9 Å². The normalized spacial score (nSPS) is 14.9. The minimum Gasteiger partial charge on any atom is -0.444 e. The molecule has 0 atom stereocenters. The number of nitrogens with one attached hydrogen (secondary N) is 1. The summed E-state index contributed by atoms with van der Waals surface area (Å²) in [5.41, 5.74) is 7.85. The van der Waals surface area contributed by atoms with Crippen molar-refractivity contribution in [3.63, 3.8) is 0 Å². The molecule has 1 aromatic rings. The first-order chi connectivity index (χ1) is 17.4. The Morgan fingerprint density at radius 3 is 2.76 bits per heavy atom. The summed E-state index contributed by atoms with van der Waals surface area (Å²) in [4.78, 5) is 36.9. The number of hydrogen-bond donors (Lipinski definition) is 3. The number of anilines is 1. The molecule has 1 aliphatic rings. The lowest BCUT2D eigenvalue weighted by atomic mass is 10.1. The van der Waals surface area contributed by atoms with Gasteiger partial charge >= 0.3 is 6.09 Å². The number of nitrogens with two attached hydrogens (primary N) is 2. The molecule has 0 aliphatic carbocycles. The van der Waals surface area contributed by atoms with Gasteiger partial charge < -0.3 is 30.6 Å². The second kappa shape index (κ2) is 13.7. The number of ether oxygens (including phenoxy) is 1. The molecule has 0 saturated heterocycles.